The summed E-state index contributed by atoms with van der Waals surface area (Å²) in [5.41, 5.74) is 0. The predicted molar refractivity (Wildman–Crippen MR) is 76.6 cm³/mol. The maximum Gasteiger partial charge on any atom is 0.0219 e. The lowest BCUT2D eigenvalue weighted by Crippen LogP contribution is -1.95. The Balaban J connectivity index is 1.40. The number of hydrogen-bond donors (Lipinski definition) is 0. The van der Waals surface area contributed by atoms with Crippen LogP contribution in [0.2, 0.25) is 0 Å². The van der Waals surface area contributed by atoms with Gasteiger partial charge in [-0.15, -0.1) is 0 Å². The summed E-state index contributed by atoms with van der Waals surface area (Å²) in [5, 5.41) is 0. The highest BCUT2D eigenvalue weighted by Crippen LogP contribution is 2.08. The molecule has 2 rings (SSSR count). The lowest BCUT2D eigenvalue weighted by molar-refractivity contribution is 0.532. The van der Waals surface area contributed by atoms with E-state index in [4.69, 9.17) is 0 Å². The smallest absolute Gasteiger partial charge is 0.0219 e. The molecule has 0 aliphatic rings. The normalized spacial score (nSPS) is 10.9. The highest BCUT2D eigenvalue weighted by molar-refractivity contribution is 4.90. The molecule has 0 amide bonds. The van der Waals surface area contributed by atoms with Gasteiger partial charge in [0.1, 0.15) is 0 Å². The quantitative estimate of drug-likeness (QED) is 0.581. The van der Waals surface area contributed by atoms with Crippen LogP contribution in [0.3, 0.4) is 0 Å². The Hall–Kier alpha value is -1.44. The van der Waals surface area contributed by atoms with Crippen LogP contribution in [0.5, 0.6) is 0 Å². The fourth-order valence-corrected chi connectivity index (χ4v) is 2.33. The third-order valence-corrected chi connectivity index (χ3v) is 3.42. The van der Waals surface area contributed by atoms with Crippen LogP contribution in [0.15, 0.2) is 49.1 Å². The minimum absolute atomic E-state index is 1.18. The Kier molecular flexibility index (Phi) is 5.64. The number of hydrogen-bond acceptors (Lipinski definition) is 0. The van der Waals surface area contributed by atoms with Crippen molar-refractivity contribution in [3.63, 3.8) is 0 Å². The second kappa shape index (κ2) is 7.80. The Morgan fingerprint density at radius 3 is 1.17 bits per heavy atom. The molecule has 2 heterocycles. The summed E-state index contributed by atoms with van der Waals surface area (Å²) in [5.74, 6) is 0. The first kappa shape index (κ1) is 13.0. The summed E-state index contributed by atoms with van der Waals surface area (Å²) in [6.07, 6.45) is 16.7. The molecule has 0 radical (unpaired) electrons. The van der Waals surface area contributed by atoms with Crippen LogP contribution in [-0.2, 0) is 13.1 Å². The molecule has 0 unspecified atom stereocenters. The molecule has 2 aromatic rings. The first-order valence-electron chi connectivity index (χ1n) is 7.17. The molecule has 0 fully saturated rings. The van der Waals surface area contributed by atoms with E-state index in [-0.39, 0.29) is 0 Å². The molecular weight excluding hydrogens is 220 g/mol. The van der Waals surface area contributed by atoms with Crippen molar-refractivity contribution >= 4 is 0 Å². The van der Waals surface area contributed by atoms with E-state index in [1.165, 1.54) is 51.6 Å². The maximum atomic E-state index is 2.27. The van der Waals surface area contributed by atoms with Gasteiger partial charge in [0, 0.05) is 37.9 Å². The zero-order valence-electron chi connectivity index (χ0n) is 11.2. The minimum atomic E-state index is 1.18. The van der Waals surface area contributed by atoms with Gasteiger partial charge in [-0.2, -0.15) is 0 Å². The zero-order chi connectivity index (χ0) is 12.5. The van der Waals surface area contributed by atoms with Crippen molar-refractivity contribution in [3.05, 3.63) is 49.1 Å². The van der Waals surface area contributed by atoms with E-state index in [0.717, 1.165) is 0 Å². The summed E-state index contributed by atoms with van der Waals surface area (Å²) in [6.45, 7) is 2.35. The predicted octanol–water partition coefficient (Wildman–Crippen LogP) is 4.33. The summed E-state index contributed by atoms with van der Waals surface area (Å²) in [4.78, 5) is 0. The van der Waals surface area contributed by atoms with Gasteiger partial charge < -0.3 is 9.13 Å². The molecule has 2 nitrogen and oxygen atoms in total. The molecule has 2 aromatic heterocycles. The van der Waals surface area contributed by atoms with Gasteiger partial charge in [-0.3, -0.25) is 0 Å². The maximum absolute atomic E-state index is 2.27. The Morgan fingerprint density at radius 2 is 0.778 bits per heavy atom. The SMILES string of the molecule is c1ccn(CCCCCCCCn2cccc2)c1. The van der Waals surface area contributed by atoms with Crippen LogP contribution < -0.4 is 0 Å². The Morgan fingerprint density at radius 1 is 0.444 bits per heavy atom. The standard InChI is InChI=1S/C16H24N2/c1(3-5-11-17-13-7-8-14-17)2-4-6-12-18-15-9-10-16-18/h7-10,13-16H,1-6,11-12H2. The molecule has 18 heavy (non-hydrogen) atoms. The number of aromatic nitrogens is 2. The molecule has 0 aromatic carbocycles. The first-order chi connectivity index (χ1) is 8.95. The van der Waals surface area contributed by atoms with Crippen molar-refractivity contribution in [2.24, 2.45) is 0 Å². The van der Waals surface area contributed by atoms with E-state index in [1.807, 2.05) is 0 Å². The molecular formula is C16H24N2. The van der Waals surface area contributed by atoms with Crippen LogP contribution in [0.1, 0.15) is 38.5 Å². The topological polar surface area (TPSA) is 9.86 Å². The fraction of sp³-hybridized carbons (Fsp3) is 0.500. The van der Waals surface area contributed by atoms with E-state index in [0.29, 0.717) is 0 Å². The molecule has 0 N–H and O–H groups in total. The lowest BCUT2D eigenvalue weighted by Gasteiger charge is -2.04. The average molecular weight is 244 g/mol. The van der Waals surface area contributed by atoms with E-state index < -0.39 is 0 Å². The van der Waals surface area contributed by atoms with Crippen molar-refractivity contribution in [3.8, 4) is 0 Å². The summed E-state index contributed by atoms with van der Waals surface area (Å²) in [6, 6.07) is 8.39. The van der Waals surface area contributed by atoms with Crippen molar-refractivity contribution in [1.29, 1.82) is 0 Å². The van der Waals surface area contributed by atoms with Gasteiger partial charge in [-0.25, -0.2) is 0 Å². The number of unbranched alkanes of at least 4 members (excludes halogenated alkanes) is 5. The van der Waals surface area contributed by atoms with E-state index in [1.54, 1.807) is 0 Å². The average Bonchev–Trinajstić information content (AvgIpc) is 3.05. The van der Waals surface area contributed by atoms with Gasteiger partial charge in [0.2, 0.25) is 0 Å². The Labute approximate surface area is 110 Å². The molecule has 0 aliphatic carbocycles. The van der Waals surface area contributed by atoms with E-state index in [2.05, 4.69) is 58.2 Å². The van der Waals surface area contributed by atoms with Gasteiger partial charge in [0.25, 0.3) is 0 Å². The lowest BCUT2D eigenvalue weighted by atomic mass is 10.1. The summed E-state index contributed by atoms with van der Waals surface area (Å²) >= 11 is 0. The largest absolute Gasteiger partial charge is 0.354 e. The summed E-state index contributed by atoms with van der Waals surface area (Å²) < 4.78 is 4.54. The molecule has 0 saturated heterocycles. The van der Waals surface area contributed by atoms with Crippen LogP contribution in [-0.4, -0.2) is 9.13 Å². The third kappa shape index (κ3) is 4.82. The van der Waals surface area contributed by atoms with Gasteiger partial charge in [0.05, 0.1) is 0 Å². The van der Waals surface area contributed by atoms with Crippen LogP contribution in [0.25, 0.3) is 0 Å². The van der Waals surface area contributed by atoms with Crippen LogP contribution in [0, 0.1) is 0 Å². The number of nitrogens with zero attached hydrogens (tertiary/aromatic N) is 2. The molecule has 0 bridgehead atoms. The van der Waals surface area contributed by atoms with Gasteiger partial charge >= 0.3 is 0 Å². The monoisotopic (exact) mass is 244 g/mol. The molecule has 98 valence electrons. The van der Waals surface area contributed by atoms with Gasteiger partial charge in [0.15, 0.2) is 0 Å². The van der Waals surface area contributed by atoms with Crippen LogP contribution >= 0.6 is 0 Å². The van der Waals surface area contributed by atoms with Gasteiger partial charge in [-0.1, -0.05) is 25.7 Å². The second-order valence-electron chi connectivity index (χ2n) is 4.96. The Bertz CT molecular complexity index is 346. The van der Waals surface area contributed by atoms with Crippen molar-refractivity contribution in [2.75, 3.05) is 0 Å². The first-order valence-corrected chi connectivity index (χ1v) is 7.17. The minimum Gasteiger partial charge on any atom is -0.354 e. The van der Waals surface area contributed by atoms with Crippen molar-refractivity contribution < 1.29 is 0 Å². The van der Waals surface area contributed by atoms with E-state index in [9.17, 15) is 0 Å². The summed E-state index contributed by atoms with van der Waals surface area (Å²) in [7, 11) is 0. The molecule has 0 atom stereocenters. The van der Waals surface area contributed by atoms with E-state index >= 15 is 0 Å². The zero-order valence-corrected chi connectivity index (χ0v) is 11.2. The third-order valence-electron chi connectivity index (χ3n) is 3.42. The van der Waals surface area contributed by atoms with Gasteiger partial charge in [-0.05, 0) is 37.1 Å². The number of aryl methyl sites for hydroxylation is 2. The van der Waals surface area contributed by atoms with Crippen molar-refractivity contribution in [1.82, 2.24) is 9.13 Å². The van der Waals surface area contributed by atoms with Crippen LogP contribution in [0.4, 0.5) is 0 Å². The second-order valence-corrected chi connectivity index (χ2v) is 4.96. The number of rotatable bonds is 9. The molecule has 0 aliphatic heterocycles. The highest BCUT2D eigenvalue weighted by atomic mass is 14.9. The molecule has 0 saturated carbocycles. The highest BCUT2D eigenvalue weighted by Gasteiger charge is 1.93. The molecule has 0 spiro atoms. The molecule has 2 heteroatoms. The fourth-order valence-electron chi connectivity index (χ4n) is 2.33. The van der Waals surface area contributed by atoms with Crippen molar-refractivity contribution in [2.45, 2.75) is 51.6 Å².